The molecule has 0 saturated heterocycles. The van der Waals surface area contributed by atoms with Crippen LogP contribution in [0, 0.1) is 0 Å². The number of nitrogens with two attached hydrogens (primary N) is 1. The number of hydrogen-bond donors (Lipinski definition) is 2. The number of ether oxygens (including phenoxy) is 1. The van der Waals surface area contributed by atoms with Crippen LogP contribution < -0.4 is 15.8 Å². The smallest absolute Gasteiger partial charge is 0.214 e. The lowest BCUT2D eigenvalue weighted by Crippen LogP contribution is -2.25. The van der Waals surface area contributed by atoms with Gasteiger partial charge in [0, 0.05) is 6.07 Å². The maximum atomic E-state index is 5.52. The van der Waals surface area contributed by atoms with Crippen molar-refractivity contribution in [1.29, 1.82) is 0 Å². The highest BCUT2D eigenvalue weighted by molar-refractivity contribution is 5.37. The molecule has 0 bridgehead atoms. The summed E-state index contributed by atoms with van der Waals surface area (Å²) in [5, 5.41) is 2.97. The third-order valence-electron chi connectivity index (χ3n) is 1.31. The summed E-state index contributed by atoms with van der Waals surface area (Å²) >= 11 is 0. The van der Waals surface area contributed by atoms with Gasteiger partial charge in [0.25, 0.3) is 0 Å². The maximum Gasteiger partial charge on any atom is 0.214 e. The van der Waals surface area contributed by atoms with Crippen LogP contribution in [0.25, 0.3) is 0 Å². The van der Waals surface area contributed by atoms with Crippen molar-refractivity contribution in [3.05, 3.63) is 18.2 Å². The van der Waals surface area contributed by atoms with Crippen molar-refractivity contribution in [2.24, 2.45) is 5.73 Å². The molecule has 0 aromatic carbocycles. The normalized spacial score (nSPS) is 12.2. The molecule has 0 aliphatic heterocycles. The van der Waals surface area contributed by atoms with Crippen molar-refractivity contribution in [3.8, 4) is 5.88 Å². The van der Waals surface area contributed by atoms with E-state index in [1.807, 2.05) is 19.1 Å². The molecular weight excluding hydrogens is 154 g/mol. The molecule has 3 N–H and O–H groups in total. The van der Waals surface area contributed by atoms with Crippen LogP contribution in [0.2, 0.25) is 0 Å². The minimum absolute atomic E-state index is 0.107. The van der Waals surface area contributed by atoms with Gasteiger partial charge in [-0.1, -0.05) is 6.07 Å². The molecule has 0 radical (unpaired) electrons. The zero-order valence-corrected chi connectivity index (χ0v) is 7.24. The predicted molar refractivity (Wildman–Crippen MR) is 48.1 cm³/mol. The van der Waals surface area contributed by atoms with Crippen molar-refractivity contribution < 1.29 is 4.74 Å². The van der Waals surface area contributed by atoms with Gasteiger partial charge in [0.2, 0.25) is 5.88 Å². The average molecular weight is 167 g/mol. The molecule has 0 amide bonds. The zero-order valence-electron chi connectivity index (χ0n) is 7.24. The molecule has 66 valence electrons. The van der Waals surface area contributed by atoms with Gasteiger partial charge in [-0.3, -0.25) is 0 Å². The first-order valence-corrected chi connectivity index (χ1v) is 3.75. The van der Waals surface area contributed by atoms with Crippen molar-refractivity contribution in [2.75, 3.05) is 12.4 Å². The molecule has 4 heteroatoms. The van der Waals surface area contributed by atoms with Crippen LogP contribution in [-0.2, 0) is 0 Å². The van der Waals surface area contributed by atoms with Gasteiger partial charge >= 0.3 is 0 Å². The molecule has 1 aromatic heterocycles. The Balaban J connectivity index is 2.72. The summed E-state index contributed by atoms with van der Waals surface area (Å²) < 4.78 is 4.94. The summed E-state index contributed by atoms with van der Waals surface area (Å²) in [4.78, 5) is 4.12. The summed E-state index contributed by atoms with van der Waals surface area (Å²) in [5.74, 6) is 1.31. The minimum Gasteiger partial charge on any atom is -0.481 e. The van der Waals surface area contributed by atoms with Crippen LogP contribution >= 0.6 is 0 Å². The van der Waals surface area contributed by atoms with Gasteiger partial charge in [-0.25, -0.2) is 0 Å². The lowest BCUT2D eigenvalue weighted by molar-refractivity contribution is 0.398. The Hall–Kier alpha value is -1.29. The Morgan fingerprint density at radius 3 is 2.92 bits per heavy atom. The van der Waals surface area contributed by atoms with Gasteiger partial charge in [-0.15, -0.1) is 0 Å². The van der Waals surface area contributed by atoms with E-state index in [1.54, 1.807) is 13.2 Å². The number of nitrogens with one attached hydrogen (secondary N) is 1. The van der Waals surface area contributed by atoms with E-state index in [-0.39, 0.29) is 6.17 Å². The quantitative estimate of drug-likeness (QED) is 0.654. The minimum atomic E-state index is -0.107. The summed E-state index contributed by atoms with van der Waals surface area (Å²) in [7, 11) is 1.58. The third-order valence-corrected chi connectivity index (χ3v) is 1.31. The van der Waals surface area contributed by atoms with Gasteiger partial charge in [0.05, 0.1) is 13.3 Å². The number of nitrogens with zero attached hydrogens (tertiary/aromatic N) is 1. The van der Waals surface area contributed by atoms with E-state index < -0.39 is 0 Å². The fourth-order valence-electron chi connectivity index (χ4n) is 0.842. The molecule has 0 saturated carbocycles. The Bertz CT molecular complexity index is 250. The second-order valence-electron chi connectivity index (χ2n) is 2.50. The van der Waals surface area contributed by atoms with Crippen LogP contribution in [0.1, 0.15) is 6.92 Å². The molecule has 1 heterocycles. The van der Waals surface area contributed by atoms with E-state index >= 15 is 0 Å². The van der Waals surface area contributed by atoms with E-state index in [2.05, 4.69) is 10.3 Å². The van der Waals surface area contributed by atoms with Crippen molar-refractivity contribution in [1.82, 2.24) is 4.98 Å². The monoisotopic (exact) mass is 167 g/mol. The number of rotatable bonds is 3. The second-order valence-corrected chi connectivity index (χ2v) is 2.50. The molecule has 1 unspecified atom stereocenters. The number of methoxy groups -OCH3 is 1. The van der Waals surface area contributed by atoms with Gasteiger partial charge in [0.15, 0.2) is 0 Å². The summed E-state index contributed by atoms with van der Waals surface area (Å²) in [6.45, 7) is 1.85. The number of anilines is 1. The predicted octanol–water partition coefficient (Wildman–Crippen LogP) is 0.807. The number of aromatic nitrogens is 1. The topological polar surface area (TPSA) is 60.2 Å². The Morgan fingerprint density at radius 2 is 2.33 bits per heavy atom. The largest absolute Gasteiger partial charge is 0.481 e. The molecular formula is C8H13N3O. The molecule has 12 heavy (non-hydrogen) atoms. The van der Waals surface area contributed by atoms with Crippen molar-refractivity contribution in [2.45, 2.75) is 13.1 Å². The van der Waals surface area contributed by atoms with E-state index in [0.29, 0.717) is 5.88 Å². The lowest BCUT2D eigenvalue weighted by atomic mass is 10.4. The fourth-order valence-corrected chi connectivity index (χ4v) is 0.842. The first-order valence-electron chi connectivity index (χ1n) is 3.75. The van der Waals surface area contributed by atoms with E-state index in [9.17, 15) is 0 Å². The summed E-state index contributed by atoms with van der Waals surface area (Å²) in [6, 6.07) is 5.48. The van der Waals surface area contributed by atoms with Crippen LogP contribution in [0.4, 0.5) is 5.82 Å². The third kappa shape index (κ3) is 2.39. The van der Waals surface area contributed by atoms with Crippen LogP contribution in [-0.4, -0.2) is 18.3 Å². The van der Waals surface area contributed by atoms with Crippen LogP contribution in [0.3, 0.4) is 0 Å². The Morgan fingerprint density at radius 1 is 1.58 bits per heavy atom. The fraction of sp³-hybridized carbons (Fsp3) is 0.375. The second kappa shape index (κ2) is 3.92. The van der Waals surface area contributed by atoms with Gasteiger partial charge < -0.3 is 15.8 Å². The zero-order chi connectivity index (χ0) is 8.97. The Labute approximate surface area is 71.7 Å². The molecule has 1 aromatic rings. The average Bonchev–Trinajstić information content (AvgIpc) is 2.03. The van der Waals surface area contributed by atoms with E-state index in [4.69, 9.17) is 10.5 Å². The van der Waals surface area contributed by atoms with Gasteiger partial charge in [-0.05, 0) is 13.0 Å². The SMILES string of the molecule is COc1cccc(NC(C)N)n1. The molecule has 1 atom stereocenters. The summed E-state index contributed by atoms with van der Waals surface area (Å²) in [6.07, 6.45) is -0.107. The van der Waals surface area contributed by atoms with Gasteiger partial charge in [-0.2, -0.15) is 4.98 Å². The highest BCUT2D eigenvalue weighted by atomic mass is 16.5. The molecule has 0 fully saturated rings. The lowest BCUT2D eigenvalue weighted by Gasteiger charge is -2.09. The van der Waals surface area contributed by atoms with Crippen molar-refractivity contribution >= 4 is 5.82 Å². The molecule has 1 rings (SSSR count). The highest BCUT2D eigenvalue weighted by Gasteiger charge is 1.97. The first-order chi connectivity index (χ1) is 5.72. The molecule has 0 aliphatic rings. The standard InChI is InChI=1S/C8H13N3O/c1-6(9)10-7-4-3-5-8(11-7)12-2/h3-6H,9H2,1-2H3,(H,10,11). The maximum absolute atomic E-state index is 5.52. The van der Waals surface area contributed by atoms with Crippen molar-refractivity contribution in [3.63, 3.8) is 0 Å². The van der Waals surface area contributed by atoms with Gasteiger partial charge in [0.1, 0.15) is 5.82 Å². The molecule has 4 nitrogen and oxygen atoms in total. The Kier molecular flexibility index (Phi) is 2.88. The van der Waals surface area contributed by atoms with E-state index in [1.165, 1.54) is 0 Å². The highest BCUT2D eigenvalue weighted by Crippen LogP contribution is 2.10. The van der Waals surface area contributed by atoms with Crippen LogP contribution in [0.5, 0.6) is 5.88 Å². The van der Waals surface area contributed by atoms with Crippen LogP contribution in [0.15, 0.2) is 18.2 Å². The summed E-state index contributed by atoms with van der Waals surface area (Å²) in [5.41, 5.74) is 5.52. The molecule has 0 aliphatic carbocycles. The molecule has 0 spiro atoms. The first kappa shape index (κ1) is 8.80. The number of pyridine rings is 1. The number of hydrogen-bond acceptors (Lipinski definition) is 4. The van der Waals surface area contributed by atoms with E-state index in [0.717, 1.165) is 5.82 Å².